The SMILES string of the molecule is [CH2]c1ccccc1N1CCCCCC1. The van der Waals surface area contributed by atoms with E-state index in [4.69, 9.17) is 0 Å². The number of para-hydroxylation sites is 1. The van der Waals surface area contributed by atoms with Gasteiger partial charge in [0.25, 0.3) is 0 Å². The Bertz CT molecular complexity index is 285. The molecule has 0 aliphatic carbocycles. The molecule has 1 aromatic rings. The highest BCUT2D eigenvalue weighted by molar-refractivity contribution is 5.54. The maximum absolute atomic E-state index is 4.08. The minimum atomic E-state index is 1.16. The molecule has 0 saturated carbocycles. The van der Waals surface area contributed by atoms with E-state index in [-0.39, 0.29) is 0 Å². The molecule has 14 heavy (non-hydrogen) atoms. The summed E-state index contributed by atoms with van der Waals surface area (Å²) in [6.45, 7) is 6.49. The van der Waals surface area contributed by atoms with Gasteiger partial charge in [-0.3, -0.25) is 0 Å². The molecular weight excluding hydrogens is 170 g/mol. The highest BCUT2D eigenvalue weighted by Crippen LogP contribution is 2.22. The van der Waals surface area contributed by atoms with Crippen molar-refractivity contribution in [2.24, 2.45) is 0 Å². The third kappa shape index (κ3) is 2.09. The van der Waals surface area contributed by atoms with E-state index in [1.165, 1.54) is 44.5 Å². The van der Waals surface area contributed by atoms with Gasteiger partial charge in [-0.1, -0.05) is 31.0 Å². The third-order valence-electron chi connectivity index (χ3n) is 2.94. The molecule has 0 atom stereocenters. The Morgan fingerprint density at radius 3 is 2.21 bits per heavy atom. The predicted molar refractivity (Wildman–Crippen MR) is 61.6 cm³/mol. The van der Waals surface area contributed by atoms with Gasteiger partial charge in [0.05, 0.1) is 0 Å². The van der Waals surface area contributed by atoms with Gasteiger partial charge in [-0.05, 0) is 31.4 Å². The van der Waals surface area contributed by atoms with Crippen molar-refractivity contribution in [2.45, 2.75) is 25.7 Å². The van der Waals surface area contributed by atoms with Crippen LogP contribution in [0.5, 0.6) is 0 Å². The van der Waals surface area contributed by atoms with E-state index in [0.29, 0.717) is 0 Å². The number of rotatable bonds is 1. The first kappa shape index (κ1) is 9.57. The first-order valence-corrected chi connectivity index (χ1v) is 5.54. The molecule has 1 aromatic carbocycles. The fourth-order valence-corrected chi connectivity index (χ4v) is 2.13. The monoisotopic (exact) mass is 188 g/mol. The van der Waals surface area contributed by atoms with Gasteiger partial charge in [-0.2, -0.15) is 0 Å². The van der Waals surface area contributed by atoms with Crippen molar-refractivity contribution in [2.75, 3.05) is 18.0 Å². The first-order valence-electron chi connectivity index (χ1n) is 5.54. The van der Waals surface area contributed by atoms with Crippen LogP contribution < -0.4 is 4.90 Å². The third-order valence-corrected chi connectivity index (χ3v) is 2.94. The summed E-state index contributed by atoms with van der Waals surface area (Å²) in [5.74, 6) is 0. The Hall–Kier alpha value is -0.980. The van der Waals surface area contributed by atoms with E-state index < -0.39 is 0 Å². The summed E-state index contributed by atoms with van der Waals surface area (Å²) in [4.78, 5) is 2.48. The zero-order valence-electron chi connectivity index (χ0n) is 8.71. The highest BCUT2D eigenvalue weighted by atomic mass is 15.1. The number of anilines is 1. The fraction of sp³-hybridized carbons (Fsp3) is 0.462. The molecule has 1 fully saturated rings. The summed E-state index contributed by atoms with van der Waals surface area (Å²) >= 11 is 0. The molecule has 1 aliphatic rings. The molecule has 1 nitrogen and oxygen atoms in total. The molecule has 1 heteroatoms. The first-order chi connectivity index (χ1) is 6.88. The van der Waals surface area contributed by atoms with Crippen LogP contribution in [0.2, 0.25) is 0 Å². The van der Waals surface area contributed by atoms with Gasteiger partial charge in [0.1, 0.15) is 0 Å². The Labute approximate surface area is 86.7 Å². The highest BCUT2D eigenvalue weighted by Gasteiger charge is 2.10. The van der Waals surface area contributed by atoms with Crippen LogP contribution in [0.25, 0.3) is 0 Å². The molecule has 0 amide bonds. The van der Waals surface area contributed by atoms with Gasteiger partial charge < -0.3 is 4.90 Å². The summed E-state index contributed by atoms with van der Waals surface area (Å²) in [5, 5.41) is 0. The maximum Gasteiger partial charge on any atom is 0.0398 e. The fourth-order valence-electron chi connectivity index (χ4n) is 2.13. The van der Waals surface area contributed by atoms with Gasteiger partial charge in [0, 0.05) is 18.8 Å². The van der Waals surface area contributed by atoms with Gasteiger partial charge in [-0.15, -0.1) is 0 Å². The summed E-state index contributed by atoms with van der Waals surface area (Å²) in [6, 6.07) is 8.45. The minimum Gasteiger partial charge on any atom is -0.371 e. The molecule has 0 N–H and O–H groups in total. The van der Waals surface area contributed by atoms with Gasteiger partial charge in [0.15, 0.2) is 0 Å². The van der Waals surface area contributed by atoms with Crippen LogP contribution in [-0.2, 0) is 0 Å². The lowest BCUT2D eigenvalue weighted by molar-refractivity contribution is 0.726. The van der Waals surface area contributed by atoms with Crippen LogP contribution in [0, 0.1) is 6.92 Å². The molecule has 2 rings (SSSR count). The van der Waals surface area contributed by atoms with E-state index in [1.54, 1.807) is 0 Å². The van der Waals surface area contributed by atoms with Crippen LogP contribution in [-0.4, -0.2) is 13.1 Å². The van der Waals surface area contributed by atoms with Gasteiger partial charge in [0.2, 0.25) is 0 Å². The van der Waals surface area contributed by atoms with Crippen LogP contribution in [0.1, 0.15) is 31.2 Å². The van der Waals surface area contributed by atoms with Crippen LogP contribution in [0.3, 0.4) is 0 Å². The lowest BCUT2D eigenvalue weighted by atomic mass is 10.2. The lowest BCUT2D eigenvalue weighted by Crippen LogP contribution is -2.24. The Morgan fingerprint density at radius 2 is 1.57 bits per heavy atom. The molecule has 75 valence electrons. The number of benzene rings is 1. The summed E-state index contributed by atoms with van der Waals surface area (Å²) in [5.41, 5.74) is 2.49. The van der Waals surface area contributed by atoms with Crippen molar-refractivity contribution in [3.63, 3.8) is 0 Å². The van der Waals surface area contributed by atoms with Crippen molar-refractivity contribution < 1.29 is 0 Å². The van der Waals surface area contributed by atoms with E-state index >= 15 is 0 Å². The van der Waals surface area contributed by atoms with Gasteiger partial charge >= 0.3 is 0 Å². The topological polar surface area (TPSA) is 3.24 Å². The van der Waals surface area contributed by atoms with Crippen molar-refractivity contribution in [1.29, 1.82) is 0 Å². The Morgan fingerprint density at radius 1 is 0.929 bits per heavy atom. The zero-order valence-corrected chi connectivity index (χ0v) is 8.71. The average Bonchev–Trinajstić information content (AvgIpc) is 2.47. The van der Waals surface area contributed by atoms with Crippen molar-refractivity contribution in [3.8, 4) is 0 Å². The van der Waals surface area contributed by atoms with Crippen LogP contribution in [0.15, 0.2) is 24.3 Å². The van der Waals surface area contributed by atoms with E-state index in [1.807, 2.05) is 0 Å². The van der Waals surface area contributed by atoms with Gasteiger partial charge in [-0.25, -0.2) is 0 Å². The molecule has 0 unspecified atom stereocenters. The summed E-state index contributed by atoms with van der Waals surface area (Å²) in [6.07, 6.45) is 5.42. The second-order valence-electron chi connectivity index (χ2n) is 4.03. The molecule has 1 saturated heterocycles. The quantitative estimate of drug-likeness (QED) is 0.654. The minimum absolute atomic E-state index is 1.16. The second kappa shape index (κ2) is 4.50. The van der Waals surface area contributed by atoms with E-state index in [9.17, 15) is 0 Å². The summed E-state index contributed by atoms with van der Waals surface area (Å²) < 4.78 is 0. The average molecular weight is 188 g/mol. The molecule has 0 bridgehead atoms. The van der Waals surface area contributed by atoms with Crippen LogP contribution in [0.4, 0.5) is 5.69 Å². The van der Waals surface area contributed by atoms with E-state index in [0.717, 1.165) is 5.56 Å². The predicted octanol–water partition coefficient (Wildman–Crippen LogP) is 3.25. The van der Waals surface area contributed by atoms with Crippen molar-refractivity contribution >= 4 is 5.69 Å². The number of hydrogen-bond acceptors (Lipinski definition) is 1. The number of hydrogen-bond donors (Lipinski definition) is 0. The Balaban J connectivity index is 2.16. The summed E-state index contributed by atoms with van der Waals surface area (Å²) in [7, 11) is 0. The standard InChI is InChI=1S/C13H18N/c1-12-8-4-5-9-13(12)14-10-6-2-3-7-11-14/h4-5,8-9H,1-3,6-7,10-11H2. The molecule has 1 aliphatic heterocycles. The van der Waals surface area contributed by atoms with Crippen molar-refractivity contribution in [3.05, 3.63) is 36.8 Å². The van der Waals surface area contributed by atoms with E-state index in [2.05, 4.69) is 36.1 Å². The smallest absolute Gasteiger partial charge is 0.0398 e. The molecular formula is C13H18N. The van der Waals surface area contributed by atoms with Crippen molar-refractivity contribution in [1.82, 2.24) is 0 Å². The zero-order chi connectivity index (χ0) is 9.80. The van der Waals surface area contributed by atoms with Crippen LogP contribution >= 0.6 is 0 Å². The largest absolute Gasteiger partial charge is 0.371 e. The Kier molecular flexibility index (Phi) is 3.07. The normalized spacial score (nSPS) is 17.9. The maximum atomic E-state index is 4.08. The molecule has 0 spiro atoms. The number of nitrogens with zero attached hydrogens (tertiary/aromatic N) is 1. The molecule has 1 heterocycles. The molecule has 1 radical (unpaired) electrons. The molecule has 0 aromatic heterocycles. The second-order valence-corrected chi connectivity index (χ2v) is 4.03. The lowest BCUT2D eigenvalue weighted by Gasteiger charge is -2.24.